The summed E-state index contributed by atoms with van der Waals surface area (Å²) in [7, 11) is 0. The second-order valence-electron chi connectivity index (χ2n) is 4.31. The lowest BCUT2D eigenvalue weighted by molar-refractivity contribution is 0.210. The van der Waals surface area contributed by atoms with Crippen molar-refractivity contribution < 1.29 is 14.6 Å². The number of para-hydroxylation sites is 1. The van der Waals surface area contributed by atoms with Gasteiger partial charge in [0.05, 0.1) is 6.61 Å². The Hall–Kier alpha value is -2.04. The summed E-state index contributed by atoms with van der Waals surface area (Å²) in [5.74, 6) is 1.48. The van der Waals surface area contributed by atoms with Crippen molar-refractivity contribution in [2.24, 2.45) is 5.73 Å². The molecule has 3 N–H and O–H groups in total. The molecule has 20 heavy (non-hydrogen) atoms. The van der Waals surface area contributed by atoms with E-state index >= 15 is 0 Å². The minimum absolute atomic E-state index is 0.0302. The molecule has 0 unspecified atom stereocenters. The minimum atomic E-state index is -0.0302. The number of benzene rings is 2. The van der Waals surface area contributed by atoms with Crippen LogP contribution in [0, 0.1) is 0 Å². The second-order valence-corrected chi connectivity index (χ2v) is 4.31. The summed E-state index contributed by atoms with van der Waals surface area (Å²) in [6.45, 7) is 1.37. The van der Waals surface area contributed by atoms with E-state index in [0.29, 0.717) is 25.5 Å². The Morgan fingerprint density at radius 1 is 0.900 bits per heavy atom. The van der Waals surface area contributed by atoms with Gasteiger partial charge in [0.1, 0.15) is 24.7 Å². The Kier molecular flexibility index (Phi) is 5.41. The first-order valence-electron chi connectivity index (χ1n) is 6.57. The van der Waals surface area contributed by atoms with E-state index in [1.807, 2.05) is 48.5 Å². The molecular formula is C16H19NO3. The topological polar surface area (TPSA) is 64.7 Å². The van der Waals surface area contributed by atoms with Crippen molar-refractivity contribution in [1.29, 1.82) is 0 Å². The number of nitrogens with two attached hydrogens (primary N) is 1. The van der Waals surface area contributed by atoms with Crippen LogP contribution in [0.15, 0.2) is 48.5 Å². The molecule has 0 fully saturated rings. The molecule has 2 aromatic carbocycles. The number of hydrogen-bond acceptors (Lipinski definition) is 4. The normalized spacial score (nSPS) is 10.3. The van der Waals surface area contributed by atoms with Gasteiger partial charge < -0.3 is 20.3 Å². The molecule has 0 aliphatic rings. The number of hydrogen-bond donors (Lipinski definition) is 2. The quantitative estimate of drug-likeness (QED) is 0.758. The van der Waals surface area contributed by atoms with Crippen molar-refractivity contribution in [2.45, 2.75) is 13.2 Å². The van der Waals surface area contributed by atoms with Gasteiger partial charge in [-0.1, -0.05) is 30.3 Å². The Morgan fingerprint density at radius 2 is 1.60 bits per heavy atom. The lowest BCUT2D eigenvalue weighted by Gasteiger charge is -2.11. The summed E-state index contributed by atoms with van der Waals surface area (Å²) < 4.78 is 11.2. The highest BCUT2D eigenvalue weighted by atomic mass is 16.5. The van der Waals surface area contributed by atoms with E-state index in [0.717, 1.165) is 16.9 Å². The van der Waals surface area contributed by atoms with Crippen LogP contribution in [0.25, 0.3) is 0 Å². The Labute approximate surface area is 118 Å². The fourth-order valence-corrected chi connectivity index (χ4v) is 1.81. The average molecular weight is 273 g/mol. The van der Waals surface area contributed by atoms with E-state index in [2.05, 4.69) is 0 Å². The molecule has 0 aromatic heterocycles. The van der Waals surface area contributed by atoms with Gasteiger partial charge in [-0.05, 0) is 23.8 Å². The van der Waals surface area contributed by atoms with Gasteiger partial charge in [0.2, 0.25) is 0 Å². The summed E-state index contributed by atoms with van der Waals surface area (Å²) in [6, 6.07) is 15.1. The fourth-order valence-electron chi connectivity index (χ4n) is 1.81. The third-order valence-electron chi connectivity index (χ3n) is 2.91. The van der Waals surface area contributed by atoms with Crippen molar-refractivity contribution in [3.63, 3.8) is 0 Å². The third-order valence-corrected chi connectivity index (χ3v) is 2.91. The van der Waals surface area contributed by atoms with E-state index in [1.54, 1.807) is 0 Å². The van der Waals surface area contributed by atoms with Crippen LogP contribution in [0.2, 0.25) is 0 Å². The van der Waals surface area contributed by atoms with E-state index in [1.165, 1.54) is 0 Å². The lowest BCUT2D eigenvalue weighted by Crippen LogP contribution is -2.10. The average Bonchev–Trinajstić information content (AvgIpc) is 2.52. The zero-order valence-corrected chi connectivity index (χ0v) is 11.3. The molecule has 2 aromatic rings. The zero-order valence-electron chi connectivity index (χ0n) is 11.3. The number of aliphatic hydroxyl groups excluding tert-OH is 1. The standard InChI is InChI=1S/C16H19NO3/c17-11-13-5-7-15(8-6-13)19-9-10-20-16-4-2-1-3-14(16)12-18/h1-8,18H,9-12,17H2. The van der Waals surface area contributed by atoms with E-state index < -0.39 is 0 Å². The van der Waals surface area contributed by atoms with Gasteiger partial charge in [0.15, 0.2) is 0 Å². The number of aliphatic hydroxyl groups is 1. The van der Waals surface area contributed by atoms with E-state index in [-0.39, 0.29) is 6.61 Å². The van der Waals surface area contributed by atoms with Gasteiger partial charge in [-0.15, -0.1) is 0 Å². The molecular weight excluding hydrogens is 254 g/mol. The van der Waals surface area contributed by atoms with Gasteiger partial charge in [0, 0.05) is 12.1 Å². The maximum atomic E-state index is 9.18. The highest BCUT2D eigenvalue weighted by Crippen LogP contribution is 2.17. The Morgan fingerprint density at radius 3 is 2.30 bits per heavy atom. The molecule has 2 rings (SSSR count). The van der Waals surface area contributed by atoms with Crippen LogP contribution < -0.4 is 15.2 Å². The predicted octanol–water partition coefficient (Wildman–Crippen LogP) is 2.10. The molecule has 106 valence electrons. The molecule has 0 aliphatic carbocycles. The molecule has 0 saturated heterocycles. The first-order valence-corrected chi connectivity index (χ1v) is 6.57. The van der Waals surface area contributed by atoms with Gasteiger partial charge in [-0.3, -0.25) is 0 Å². The minimum Gasteiger partial charge on any atom is -0.490 e. The van der Waals surface area contributed by atoms with Crippen molar-refractivity contribution in [2.75, 3.05) is 13.2 Å². The van der Waals surface area contributed by atoms with Crippen LogP contribution in [-0.2, 0) is 13.2 Å². The summed E-state index contributed by atoms with van der Waals surface area (Å²) in [6.07, 6.45) is 0. The van der Waals surface area contributed by atoms with Crippen molar-refractivity contribution in [3.8, 4) is 11.5 Å². The molecule has 0 radical (unpaired) electrons. The predicted molar refractivity (Wildman–Crippen MR) is 77.7 cm³/mol. The van der Waals surface area contributed by atoms with E-state index in [9.17, 15) is 5.11 Å². The summed E-state index contributed by atoms with van der Waals surface area (Å²) in [5.41, 5.74) is 7.38. The van der Waals surface area contributed by atoms with Crippen molar-refractivity contribution in [3.05, 3.63) is 59.7 Å². The first-order chi connectivity index (χ1) is 9.83. The fraction of sp³-hybridized carbons (Fsp3) is 0.250. The largest absolute Gasteiger partial charge is 0.490 e. The van der Waals surface area contributed by atoms with Crippen LogP contribution in [0.1, 0.15) is 11.1 Å². The maximum absolute atomic E-state index is 9.18. The zero-order chi connectivity index (χ0) is 14.2. The summed E-state index contributed by atoms with van der Waals surface area (Å²) >= 11 is 0. The van der Waals surface area contributed by atoms with E-state index in [4.69, 9.17) is 15.2 Å². The smallest absolute Gasteiger partial charge is 0.124 e. The number of rotatable bonds is 7. The van der Waals surface area contributed by atoms with Crippen LogP contribution >= 0.6 is 0 Å². The molecule has 0 amide bonds. The summed E-state index contributed by atoms with van der Waals surface area (Å²) in [5, 5.41) is 9.18. The van der Waals surface area contributed by atoms with Crippen LogP contribution in [-0.4, -0.2) is 18.3 Å². The van der Waals surface area contributed by atoms with Crippen molar-refractivity contribution in [1.82, 2.24) is 0 Å². The molecule has 0 saturated carbocycles. The van der Waals surface area contributed by atoms with Gasteiger partial charge in [0.25, 0.3) is 0 Å². The highest BCUT2D eigenvalue weighted by molar-refractivity contribution is 5.32. The molecule has 0 spiro atoms. The molecule has 0 heterocycles. The van der Waals surface area contributed by atoms with Gasteiger partial charge in [-0.2, -0.15) is 0 Å². The summed E-state index contributed by atoms with van der Waals surface area (Å²) in [4.78, 5) is 0. The van der Waals surface area contributed by atoms with Crippen LogP contribution in [0.5, 0.6) is 11.5 Å². The third kappa shape index (κ3) is 3.98. The molecule has 4 heteroatoms. The van der Waals surface area contributed by atoms with Crippen LogP contribution in [0.3, 0.4) is 0 Å². The second kappa shape index (κ2) is 7.53. The molecule has 4 nitrogen and oxygen atoms in total. The Bertz CT molecular complexity index is 526. The SMILES string of the molecule is NCc1ccc(OCCOc2ccccc2CO)cc1. The first kappa shape index (κ1) is 14.4. The molecule has 0 atom stereocenters. The van der Waals surface area contributed by atoms with Crippen LogP contribution in [0.4, 0.5) is 0 Å². The monoisotopic (exact) mass is 273 g/mol. The number of ether oxygens (including phenoxy) is 2. The molecule has 0 aliphatic heterocycles. The van der Waals surface area contributed by atoms with Gasteiger partial charge in [-0.25, -0.2) is 0 Å². The Balaban J connectivity index is 1.78. The van der Waals surface area contributed by atoms with Crippen molar-refractivity contribution >= 4 is 0 Å². The highest BCUT2D eigenvalue weighted by Gasteiger charge is 2.01. The lowest BCUT2D eigenvalue weighted by atomic mass is 10.2. The molecule has 0 bridgehead atoms. The van der Waals surface area contributed by atoms with Gasteiger partial charge >= 0.3 is 0 Å². The maximum Gasteiger partial charge on any atom is 0.124 e.